The molecule has 0 unspecified atom stereocenters. The fourth-order valence-corrected chi connectivity index (χ4v) is 3.43. The van der Waals surface area contributed by atoms with E-state index in [1.807, 2.05) is 12.1 Å². The summed E-state index contributed by atoms with van der Waals surface area (Å²) in [6, 6.07) is 11.5. The number of hydrogen-bond donors (Lipinski definition) is 0. The van der Waals surface area contributed by atoms with Crippen LogP contribution in [0.3, 0.4) is 0 Å². The smallest absolute Gasteiger partial charge is 0.283 e. The van der Waals surface area contributed by atoms with Crippen LogP contribution in [0.2, 0.25) is 0 Å². The van der Waals surface area contributed by atoms with Crippen LogP contribution in [-0.4, -0.2) is 41.5 Å². The summed E-state index contributed by atoms with van der Waals surface area (Å²) < 4.78 is 21.6. The molecule has 154 valence electrons. The molecule has 0 fully saturated rings. The minimum Gasteiger partial charge on any atom is -0.378 e. The molecule has 31 heavy (non-hydrogen) atoms. The number of methoxy groups -OCH3 is 1. The molecule has 0 bridgehead atoms. The highest BCUT2D eigenvalue weighted by Gasteiger charge is 2.20. The molecule has 0 N–H and O–H groups in total. The molecule has 0 aliphatic rings. The number of nitrogens with zero attached hydrogens (tertiary/aromatic N) is 7. The maximum atomic E-state index is 13.4. The third-order valence-corrected chi connectivity index (χ3v) is 4.85. The Kier molecular flexibility index (Phi) is 4.68. The second-order valence-electron chi connectivity index (χ2n) is 6.87. The lowest BCUT2D eigenvalue weighted by Crippen LogP contribution is -2.23. The molecule has 0 radical (unpaired) electrons. The first-order chi connectivity index (χ1) is 15.2. The Morgan fingerprint density at radius 1 is 1.03 bits per heavy atom. The van der Waals surface area contributed by atoms with E-state index in [0.29, 0.717) is 22.5 Å². The van der Waals surface area contributed by atoms with Crippen molar-refractivity contribution in [1.29, 1.82) is 0 Å². The van der Waals surface area contributed by atoms with Gasteiger partial charge in [0.1, 0.15) is 12.1 Å². The van der Waals surface area contributed by atoms with E-state index in [9.17, 15) is 9.18 Å². The van der Waals surface area contributed by atoms with E-state index in [1.54, 1.807) is 31.5 Å². The Bertz CT molecular complexity index is 1450. The SMILES string of the molecule is COCc1nn2c(nnc3c(=O)n(Cc4ccccn4)cnc32)c1-c1ccc(F)cc1. The van der Waals surface area contributed by atoms with Crippen LogP contribution in [0.1, 0.15) is 11.4 Å². The molecule has 10 heteroatoms. The zero-order valence-corrected chi connectivity index (χ0v) is 16.4. The van der Waals surface area contributed by atoms with E-state index in [2.05, 4.69) is 25.3 Å². The summed E-state index contributed by atoms with van der Waals surface area (Å²) in [6.07, 6.45) is 3.10. The summed E-state index contributed by atoms with van der Waals surface area (Å²) in [5, 5.41) is 13.0. The average molecular weight is 417 g/mol. The Balaban J connectivity index is 1.70. The first-order valence-electron chi connectivity index (χ1n) is 9.44. The highest BCUT2D eigenvalue weighted by atomic mass is 19.1. The molecule has 0 saturated carbocycles. The molecule has 0 amide bonds. The monoisotopic (exact) mass is 417 g/mol. The summed E-state index contributed by atoms with van der Waals surface area (Å²) >= 11 is 0. The van der Waals surface area contributed by atoms with Crippen LogP contribution < -0.4 is 5.56 Å². The molecule has 0 spiro atoms. The third kappa shape index (κ3) is 3.32. The van der Waals surface area contributed by atoms with Gasteiger partial charge in [-0.2, -0.15) is 9.61 Å². The van der Waals surface area contributed by atoms with Crippen molar-refractivity contribution in [2.45, 2.75) is 13.2 Å². The summed E-state index contributed by atoms with van der Waals surface area (Å²) in [4.78, 5) is 21.6. The lowest BCUT2D eigenvalue weighted by Gasteiger charge is -2.06. The minimum atomic E-state index is -0.350. The summed E-state index contributed by atoms with van der Waals surface area (Å²) in [5.74, 6) is -0.347. The van der Waals surface area contributed by atoms with Crippen molar-refractivity contribution in [1.82, 2.24) is 34.3 Å². The van der Waals surface area contributed by atoms with E-state index < -0.39 is 0 Å². The first kappa shape index (κ1) is 18.9. The van der Waals surface area contributed by atoms with E-state index in [1.165, 1.54) is 27.5 Å². The van der Waals surface area contributed by atoms with Crippen LogP contribution in [0.4, 0.5) is 4.39 Å². The molecular formula is C21H16FN7O2. The quantitative estimate of drug-likeness (QED) is 0.432. The number of pyridine rings is 1. The van der Waals surface area contributed by atoms with Gasteiger partial charge in [0, 0.05) is 13.3 Å². The van der Waals surface area contributed by atoms with E-state index in [0.717, 1.165) is 5.69 Å². The molecule has 5 rings (SSSR count). The summed E-state index contributed by atoms with van der Waals surface area (Å²) in [7, 11) is 1.55. The number of fused-ring (bicyclic) bond motifs is 3. The maximum Gasteiger partial charge on any atom is 0.283 e. The van der Waals surface area contributed by atoms with Gasteiger partial charge >= 0.3 is 0 Å². The molecule has 9 nitrogen and oxygen atoms in total. The van der Waals surface area contributed by atoms with Gasteiger partial charge in [-0.05, 0) is 29.8 Å². The number of aromatic nitrogens is 7. The van der Waals surface area contributed by atoms with E-state index >= 15 is 0 Å². The van der Waals surface area contributed by atoms with Crippen molar-refractivity contribution < 1.29 is 9.13 Å². The second kappa shape index (κ2) is 7.65. The summed E-state index contributed by atoms with van der Waals surface area (Å²) in [6.45, 7) is 0.464. The Morgan fingerprint density at radius 2 is 1.87 bits per heavy atom. The van der Waals surface area contributed by atoms with Gasteiger partial charge < -0.3 is 4.74 Å². The molecule has 1 aromatic carbocycles. The predicted molar refractivity (Wildman–Crippen MR) is 110 cm³/mol. The third-order valence-electron chi connectivity index (χ3n) is 4.85. The van der Waals surface area contributed by atoms with Crippen LogP contribution in [0.5, 0.6) is 0 Å². The number of rotatable bonds is 5. The lowest BCUT2D eigenvalue weighted by molar-refractivity contribution is 0.181. The van der Waals surface area contributed by atoms with Gasteiger partial charge in [-0.15, -0.1) is 10.2 Å². The molecule has 0 aliphatic carbocycles. The van der Waals surface area contributed by atoms with Crippen LogP contribution in [-0.2, 0) is 17.9 Å². The molecular weight excluding hydrogens is 401 g/mol. The lowest BCUT2D eigenvalue weighted by atomic mass is 10.1. The van der Waals surface area contributed by atoms with Gasteiger partial charge in [0.25, 0.3) is 5.56 Å². The molecule has 0 saturated heterocycles. The van der Waals surface area contributed by atoms with Crippen molar-refractivity contribution in [3.05, 3.63) is 82.5 Å². The number of benzene rings is 1. The van der Waals surface area contributed by atoms with Gasteiger partial charge in [0.05, 0.1) is 30.1 Å². The maximum absolute atomic E-state index is 13.4. The van der Waals surface area contributed by atoms with Gasteiger partial charge in [0.2, 0.25) is 0 Å². The van der Waals surface area contributed by atoms with Crippen molar-refractivity contribution >= 4 is 16.8 Å². The normalized spacial score (nSPS) is 11.4. The topological polar surface area (TPSA) is 100 Å². The molecule has 4 heterocycles. The fraction of sp³-hybridized carbons (Fsp3) is 0.143. The Labute approximate surface area is 174 Å². The van der Waals surface area contributed by atoms with Gasteiger partial charge in [0.15, 0.2) is 16.8 Å². The highest BCUT2D eigenvalue weighted by molar-refractivity contribution is 5.83. The van der Waals surface area contributed by atoms with Gasteiger partial charge in [-0.1, -0.05) is 18.2 Å². The number of halogens is 1. The van der Waals surface area contributed by atoms with Crippen molar-refractivity contribution in [3.63, 3.8) is 0 Å². The minimum absolute atomic E-state index is 0.0862. The largest absolute Gasteiger partial charge is 0.378 e. The van der Waals surface area contributed by atoms with E-state index in [-0.39, 0.29) is 35.7 Å². The molecule has 4 aromatic heterocycles. The Hall–Kier alpha value is -4.05. The molecule has 0 atom stereocenters. The van der Waals surface area contributed by atoms with Gasteiger partial charge in [-0.25, -0.2) is 9.37 Å². The van der Waals surface area contributed by atoms with Crippen LogP contribution in [0.15, 0.2) is 59.8 Å². The fourth-order valence-electron chi connectivity index (χ4n) is 3.43. The number of hydrogen-bond acceptors (Lipinski definition) is 7. The van der Waals surface area contributed by atoms with Crippen molar-refractivity contribution in [2.24, 2.45) is 0 Å². The average Bonchev–Trinajstić information content (AvgIpc) is 3.15. The van der Waals surface area contributed by atoms with Crippen molar-refractivity contribution in [3.8, 4) is 11.1 Å². The zero-order chi connectivity index (χ0) is 21.4. The standard InChI is InChI=1S/C21H16FN7O2/c1-31-11-16-17(13-5-7-14(22)8-6-13)19-26-25-18-20(29(19)27-16)24-12-28(21(18)30)10-15-4-2-3-9-23-15/h2-9,12H,10-11H2,1H3. The number of ether oxygens (including phenoxy) is 1. The Morgan fingerprint density at radius 3 is 2.61 bits per heavy atom. The van der Waals surface area contributed by atoms with E-state index in [4.69, 9.17) is 4.74 Å². The zero-order valence-electron chi connectivity index (χ0n) is 16.4. The van der Waals surface area contributed by atoms with Gasteiger partial charge in [-0.3, -0.25) is 14.3 Å². The highest BCUT2D eigenvalue weighted by Crippen LogP contribution is 2.28. The van der Waals surface area contributed by atoms with Crippen LogP contribution >= 0.6 is 0 Å². The molecule has 5 aromatic rings. The first-order valence-corrected chi connectivity index (χ1v) is 9.44. The van der Waals surface area contributed by atoms with Crippen LogP contribution in [0, 0.1) is 5.82 Å². The predicted octanol–water partition coefficient (Wildman–Crippen LogP) is 2.23. The second-order valence-corrected chi connectivity index (χ2v) is 6.87. The summed E-state index contributed by atoms with van der Waals surface area (Å²) in [5.41, 5.74) is 3.07. The van der Waals surface area contributed by atoms with Crippen LogP contribution in [0.25, 0.3) is 27.9 Å². The molecule has 0 aliphatic heterocycles. The van der Waals surface area contributed by atoms with Crippen molar-refractivity contribution in [2.75, 3.05) is 7.11 Å².